The summed E-state index contributed by atoms with van der Waals surface area (Å²) >= 11 is 0. The molecule has 0 aliphatic rings. The summed E-state index contributed by atoms with van der Waals surface area (Å²) in [6.07, 6.45) is 6.26. The van der Waals surface area contributed by atoms with Gasteiger partial charge in [-0.2, -0.15) is 0 Å². The van der Waals surface area contributed by atoms with Crippen molar-refractivity contribution >= 4 is 22.1 Å². The van der Waals surface area contributed by atoms with Crippen LogP contribution in [0.15, 0.2) is 60.7 Å². The first-order valence-corrected chi connectivity index (χ1v) is 8.84. The van der Waals surface area contributed by atoms with Crippen molar-refractivity contribution in [1.82, 2.24) is 0 Å². The zero-order chi connectivity index (χ0) is 16.8. The summed E-state index contributed by atoms with van der Waals surface area (Å²) in [6.45, 7) is 2.25. The third-order valence-corrected chi connectivity index (χ3v) is 4.44. The Labute approximate surface area is 144 Å². The van der Waals surface area contributed by atoms with Crippen LogP contribution >= 0.6 is 0 Å². The Morgan fingerprint density at radius 1 is 0.833 bits per heavy atom. The quantitative estimate of drug-likeness (QED) is 0.493. The standard InChI is InChI=1S/C22H25NO/c1-2-3-4-5-9-17-14-15-22(21-13-7-6-12-20(17)21)23-18-10-8-11-19(24)16-18/h6-8,10-16,23-24H,2-5,9H2,1H3. The van der Waals surface area contributed by atoms with Crippen molar-refractivity contribution in [2.45, 2.75) is 39.0 Å². The molecule has 0 bridgehead atoms. The van der Waals surface area contributed by atoms with Gasteiger partial charge in [-0.1, -0.05) is 62.6 Å². The summed E-state index contributed by atoms with van der Waals surface area (Å²) in [7, 11) is 0. The topological polar surface area (TPSA) is 32.3 Å². The first-order valence-electron chi connectivity index (χ1n) is 8.84. The number of hydrogen-bond donors (Lipinski definition) is 2. The second kappa shape index (κ2) is 7.87. The van der Waals surface area contributed by atoms with Gasteiger partial charge < -0.3 is 10.4 Å². The number of aryl methyl sites for hydroxylation is 1. The maximum Gasteiger partial charge on any atom is 0.117 e. The van der Waals surface area contributed by atoms with E-state index in [4.69, 9.17) is 0 Å². The lowest BCUT2D eigenvalue weighted by molar-refractivity contribution is 0.475. The van der Waals surface area contributed by atoms with Crippen LogP contribution < -0.4 is 5.32 Å². The maximum atomic E-state index is 9.65. The summed E-state index contributed by atoms with van der Waals surface area (Å²) in [4.78, 5) is 0. The minimum atomic E-state index is 0.275. The number of phenols is 1. The molecule has 0 spiro atoms. The highest BCUT2D eigenvalue weighted by molar-refractivity contribution is 5.97. The van der Waals surface area contributed by atoms with Gasteiger partial charge in [-0.15, -0.1) is 0 Å². The molecule has 3 aromatic rings. The minimum Gasteiger partial charge on any atom is -0.508 e. The lowest BCUT2D eigenvalue weighted by Crippen LogP contribution is -1.94. The zero-order valence-electron chi connectivity index (χ0n) is 14.3. The third kappa shape index (κ3) is 3.88. The lowest BCUT2D eigenvalue weighted by atomic mass is 9.98. The van der Waals surface area contributed by atoms with Gasteiger partial charge >= 0.3 is 0 Å². The highest BCUT2D eigenvalue weighted by atomic mass is 16.3. The molecule has 2 heteroatoms. The van der Waals surface area contributed by atoms with E-state index in [1.807, 2.05) is 12.1 Å². The van der Waals surface area contributed by atoms with E-state index in [2.05, 4.69) is 48.6 Å². The number of unbranched alkanes of at least 4 members (excludes halogenated alkanes) is 3. The summed E-state index contributed by atoms with van der Waals surface area (Å²) < 4.78 is 0. The molecule has 0 saturated carbocycles. The fraction of sp³-hybridized carbons (Fsp3) is 0.273. The van der Waals surface area contributed by atoms with E-state index in [1.54, 1.807) is 12.1 Å². The number of anilines is 2. The predicted molar refractivity (Wildman–Crippen MR) is 103 cm³/mol. The number of aromatic hydroxyl groups is 1. The Kier molecular flexibility index (Phi) is 5.37. The van der Waals surface area contributed by atoms with E-state index >= 15 is 0 Å². The Morgan fingerprint density at radius 3 is 2.46 bits per heavy atom. The molecule has 0 saturated heterocycles. The van der Waals surface area contributed by atoms with Gasteiger partial charge in [0, 0.05) is 22.8 Å². The summed E-state index contributed by atoms with van der Waals surface area (Å²) in [6, 6.07) is 20.2. The average molecular weight is 319 g/mol. The number of nitrogens with one attached hydrogen (secondary N) is 1. The van der Waals surface area contributed by atoms with Crippen LogP contribution in [0.25, 0.3) is 10.8 Å². The van der Waals surface area contributed by atoms with E-state index in [1.165, 1.54) is 42.0 Å². The highest BCUT2D eigenvalue weighted by Crippen LogP contribution is 2.30. The van der Waals surface area contributed by atoms with Crippen LogP contribution in [0, 0.1) is 0 Å². The molecule has 2 N–H and O–H groups in total. The Bertz CT molecular complexity index is 810. The molecule has 0 aliphatic heterocycles. The number of phenolic OH excluding ortho intramolecular Hbond substituents is 1. The normalized spacial score (nSPS) is 10.9. The van der Waals surface area contributed by atoms with Crippen LogP contribution in [0.4, 0.5) is 11.4 Å². The van der Waals surface area contributed by atoms with Gasteiger partial charge in [0.15, 0.2) is 0 Å². The van der Waals surface area contributed by atoms with Crippen molar-refractivity contribution in [2.75, 3.05) is 5.32 Å². The molecule has 0 aromatic heterocycles. The molecule has 2 nitrogen and oxygen atoms in total. The largest absolute Gasteiger partial charge is 0.508 e. The SMILES string of the molecule is CCCCCCc1ccc(Nc2cccc(O)c2)c2ccccc12. The molecule has 0 atom stereocenters. The molecule has 0 fully saturated rings. The molecule has 24 heavy (non-hydrogen) atoms. The smallest absolute Gasteiger partial charge is 0.117 e. The monoisotopic (exact) mass is 319 g/mol. The number of benzene rings is 3. The summed E-state index contributed by atoms with van der Waals surface area (Å²) in [5, 5.41) is 15.6. The number of fused-ring (bicyclic) bond motifs is 1. The van der Waals surface area contributed by atoms with E-state index in [0.29, 0.717) is 0 Å². The Balaban J connectivity index is 1.87. The van der Waals surface area contributed by atoms with E-state index < -0.39 is 0 Å². The zero-order valence-corrected chi connectivity index (χ0v) is 14.3. The highest BCUT2D eigenvalue weighted by Gasteiger charge is 2.06. The van der Waals surface area contributed by atoms with Gasteiger partial charge in [0.25, 0.3) is 0 Å². The van der Waals surface area contributed by atoms with E-state index in [0.717, 1.165) is 17.8 Å². The van der Waals surface area contributed by atoms with Gasteiger partial charge in [-0.3, -0.25) is 0 Å². The second-order valence-corrected chi connectivity index (χ2v) is 6.30. The molecule has 0 amide bonds. The minimum absolute atomic E-state index is 0.275. The number of hydrogen-bond acceptors (Lipinski definition) is 2. The molecular formula is C22H25NO. The van der Waals surface area contributed by atoms with Gasteiger partial charge in [-0.05, 0) is 42.0 Å². The van der Waals surface area contributed by atoms with Crippen LogP contribution in [0.2, 0.25) is 0 Å². The van der Waals surface area contributed by atoms with Crippen LogP contribution in [0.3, 0.4) is 0 Å². The van der Waals surface area contributed by atoms with Gasteiger partial charge in [-0.25, -0.2) is 0 Å². The molecule has 3 rings (SSSR count). The van der Waals surface area contributed by atoms with Gasteiger partial charge in [0.2, 0.25) is 0 Å². The maximum absolute atomic E-state index is 9.65. The van der Waals surface area contributed by atoms with E-state index in [-0.39, 0.29) is 5.75 Å². The van der Waals surface area contributed by atoms with Crippen LogP contribution in [-0.4, -0.2) is 5.11 Å². The van der Waals surface area contributed by atoms with Crippen molar-refractivity contribution in [1.29, 1.82) is 0 Å². The first kappa shape index (κ1) is 16.4. The fourth-order valence-corrected chi connectivity index (χ4v) is 3.17. The lowest BCUT2D eigenvalue weighted by Gasteiger charge is -2.13. The molecule has 3 aromatic carbocycles. The first-order chi connectivity index (χ1) is 11.8. The van der Waals surface area contributed by atoms with Gasteiger partial charge in [0.1, 0.15) is 5.75 Å². The van der Waals surface area contributed by atoms with Crippen molar-refractivity contribution in [3.05, 3.63) is 66.2 Å². The molecule has 0 unspecified atom stereocenters. The molecule has 0 aliphatic carbocycles. The second-order valence-electron chi connectivity index (χ2n) is 6.30. The molecular weight excluding hydrogens is 294 g/mol. The summed E-state index contributed by atoms with van der Waals surface area (Å²) in [5.74, 6) is 0.275. The van der Waals surface area contributed by atoms with Crippen molar-refractivity contribution < 1.29 is 5.11 Å². The Hall–Kier alpha value is -2.48. The van der Waals surface area contributed by atoms with E-state index in [9.17, 15) is 5.11 Å². The Morgan fingerprint density at radius 2 is 1.67 bits per heavy atom. The fourth-order valence-electron chi connectivity index (χ4n) is 3.17. The molecule has 124 valence electrons. The van der Waals surface area contributed by atoms with Crippen molar-refractivity contribution in [2.24, 2.45) is 0 Å². The number of rotatable bonds is 7. The van der Waals surface area contributed by atoms with Crippen LogP contribution in [-0.2, 0) is 6.42 Å². The van der Waals surface area contributed by atoms with Crippen molar-refractivity contribution in [3.63, 3.8) is 0 Å². The van der Waals surface area contributed by atoms with Crippen LogP contribution in [0.5, 0.6) is 5.75 Å². The van der Waals surface area contributed by atoms with Gasteiger partial charge in [0.05, 0.1) is 0 Å². The third-order valence-electron chi connectivity index (χ3n) is 4.44. The summed E-state index contributed by atoms with van der Waals surface area (Å²) in [5.41, 5.74) is 3.40. The average Bonchev–Trinajstić information content (AvgIpc) is 2.60. The predicted octanol–water partition coefficient (Wildman–Crippen LogP) is 6.41. The van der Waals surface area contributed by atoms with Crippen molar-refractivity contribution in [3.8, 4) is 5.75 Å². The van der Waals surface area contributed by atoms with Crippen LogP contribution in [0.1, 0.15) is 38.2 Å². The molecule has 0 heterocycles. The molecule has 0 radical (unpaired) electrons.